The Labute approximate surface area is 133 Å². The standard InChI is InChI=1S/C16H20N4O3/c1-18-8-10-19(11-9-18)14(21)6-7-20-13-5-3-2-4-12(13)15(22)17-16(20)23/h2-5H,6-11H2,1H3,(H,17,22,23). The lowest BCUT2D eigenvalue weighted by molar-refractivity contribution is -0.133. The topological polar surface area (TPSA) is 78.4 Å². The van der Waals surface area contributed by atoms with E-state index >= 15 is 0 Å². The molecule has 0 saturated carbocycles. The number of para-hydroxylation sites is 1. The predicted molar refractivity (Wildman–Crippen MR) is 87.5 cm³/mol. The van der Waals surface area contributed by atoms with Gasteiger partial charge in [-0.2, -0.15) is 0 Å². The second-order valence-electron chi connectivity index (χ2n) is 5.86. The third-order valence-corrected chi connectivity index (χ3v) is 4.31. The number of aryl methyl sites for hydroxylation is 1. The Morgan fingerprint density at radius 2 is 1.83 bits per heavy atom. The maximum atomic E-state index is 12.3. The fourth-order valence-corrected chi connectivity index (χ4v) is 2.89. The first-order valence-electron chi connectivity index (χ1n) is 7.74. The molecule has 7 heteroatoms. The van der Waals surface area contributed by atoms with E-state index in [0.29, 0.717) is 10.9 Å². The summed E-state index contributed by atoms with van der Waals surface area (Å²) in [6.07, 6.45) is 0.250. The van der Waals surface area contributed by atoms with E-state index in [9.17, 15) is 14.4 Å². The summed E-state index contributed by atoms with van der Waals surface area (Å²) in [7, 11) is 2.04. The van der Waals surface area contributed by atoms with Crippen molar-refractivity contribution in [2.75, 3.05) is 33.2 Å². The Kier molecular flexibility index (Phi) is 4.29. The van der Waals surface area contributed by atoms with Gasteiger partial charge in [0.05, 0.1) is 10.9 Å². The maximum Gasteiger partial charge on any atom is 0.328 e. The van der Waals surface area contributed by atoms with Crippen molar-refractivity contribution in [2.45, 2.75) is 13.0 Å². The minimum absolute atomic E-state index is 0.0419. The Hall–Kier alpha value is -2.41. The minimum atomic E-state index is -0.472. The zero-order chi connectivity index (χ0) is 16.4. The highest BCUT2D eigenvalue weighted by Gasteiger charge is 2.19. The fourth-order valence-electron chi connectivity index (χ4n) is 2.89. The molecule has 122 valence electrons. The molecule has 1 fully saturated rings. The van der Waals surface area contributed by atoms with Crippen LogP contribution in [-0.4, -0.2) is 58.5 Å². The highest BCUT2D eigenvalue weighted by atomic mass is 16.2. The Balaban J connectivity index is 1.78. The number of hydrogen-bond acceptors (Lipinski definition) is 4. The molecule has 1 aliphatic rings. The number of fused-ring (bicyclic) bond motifs is 1. The van der Waals surface area contributed by atoms with Crippen LogP contribution in [0.4, 0.5) is 0 Å². The van der Waals surface area contributed by atoms with Crippen molar-refractivity contribution in [3.8, 4) is 0 Å². The summed E-state index contributed by atoms with van der Waals surface area (Å²) in [5.41, 5.74) is -0.306. The van der Waals surface area contributed by atoms with Gasteiger partial charge in [0, 0.05) is 39.1 Å². The Morgan fingerprint density at radius 3 is 2.57 bits per heavy atom. The van der Waals surface area contributed by atoms with Crippen LogP contribution in [0.3, 0.4) is 0 Å². The van der Waals surface area contributed by atoms with Gasteiger partial charge in [-0.3, -0.25) is 19.1 Å². The van der Waals surface area contributed by atoms with Gasteiger partial charge >= 0.3 is 5.69 Å². The van der Waals surface area contributed by atoms with Crippen molar-refractivity contribution in [3.05, 3.63) is 45.1 Å². The van der Waals surface area contributed by atoms with Gasteiger partial charge in [-0.25, -0.2) is 4.79 Å². The predicted octanol–water partition coefficient (Wildman–Crippen LogP) is -0.146. The first-order chi connectivity index (χ1) is 11.1. The minimum Gasteiger partial charge on any atom is -0.340 e. The summed E-state index contributed by atoms with van der Waals surface area (Å²) in [6.45, 7) is 3.44. The molecule has 0 spiro atoms. The first-order valence-corrected chi connectivity index (χ1v) is 7.74. The lowest BCUT2D eigenvalue weighted by Crippen LogP contribution is -2.47. The summed E-state index contributed by atoms with van der Waals surface area (Å²) in [6, 6.07) is 6.93. The molecule has 1 N–H and O–H groups in total. The smallest absolute Gasteiger partial charge is 0.328 e. The molecule has 0 aliphatic carbocycles. The molecule has 2 heterocycles. The van der Waals surface area contributed by atoms with E-state index in [2.05, 4.69) is 9.88 Å². The SMILES string of the molecule is CN1CCN(C(=O)CCn2c(=O)[nH]c(=O)c3ccccc32)CC1. The molecule has 1 aromatic carbocycles. The Bertz CT molecular complexity index is 831. The molecular weight excluding hydrogens is 296 g/mol. The number of aromatic nitrogens is 2. The normalized spacial score (nSPS) is 16.0. The van der Waals surface area contributed by atoms with Crippen LogP contribution in [0.5, 0.6) is 0 Å². The number of rotatable bonds is 3. The van der Waals surface area contributed by atoms with Gasteiger partial charge in [0.1, 0.15) is 0 Å². The molecule has 1 amide bonds. The van der Waals surface area contributed by atoms with Gasteiger partial charge in [-0.15, -0.1) is 0 Å². The number of H-pyrrole nitrogens is 1. The summed E-state index contributed by atoms with van der Waals surface area (Å²) in [5.74, 6) is 0.0419. The second-order valence-corrected chi connectivity index (χ2v) is 5.86. The average molecular weight is 316 g/mol. The van der Waals surface area contributed by atoms with Gasteiger partial charge in [-0.1, -0.05) is 12.1 Å². The van der Waals surface area contributed by atoms with Gasteiger partial charge in [0.15, 0.2) is 0 Å². The van der Waals surface area contributed by atoms with E-state index in [-0.39, 0.29) is 18.9 Å². The molecule has 1 saturated heterocycles. The van der Waals surface area contributed by atoms with E-state index < -0.39 is 11.2 Å². The van der Waals surface area contributed by atoms with Crippen LogP contribution in [0, 0.1) is 0 Å². The second kappa shape index (κ2) is 6.37. The number of hydrogen-bond donors (Lipinski definition) is 1. The number of benzene rings is 1. The molecule has 0 radical (unpaired) electrons. The van der Waals surface area contributed by atoms with Crippen LogP contribution in [0.1, 0.15) is 6.42 Å². The van der Waals surface area contributed by atoms with Crippen molar-refractivity contribution in [2.24, 2.45) is 0 Å². The monoisotopic (exact) mass is 316 g/mol. The van der Waals surface area contributed by atoms with Gasteiger partial charge < -0.3 is 9.80 Å². The van der Waals surface area contributed by atoms with E-state index in [0.717, 1.165) is 26.2 Å². The lowest BCUT2D eigenvalue weighted by Gasteiger charge is -2.32. The zero-order valence-corrected chi connectivity index (χ0v) is 13.1. The number of aromatic amines is 1. The highest BCUT2D eigenvalue weighted by molar-refractivity contribution is 5.79. The number of nitrogens with zero attached hydrogens (tertiary/aromatic N) is 3. The molecule has 0 atom stereocenters. The number of carbonyl (C=O) groups is 1. The quantitative estimate of drug-likeness (QED) is 0.854. The van der Waals surface area contributed by atoms with Crippen molar-refractivity contribution in [1.82, 2.24) is 19.4 Å². The van der Waals surface area contributed by atoms with Crippen LogP contribution < -0.4 is 11.2 Å². The third kappa shape index (κ3) is 3.19. The highest BCUT2D eigenvalue weighted by Crippen LogP contribution is 2.08. The summed E-state index contributed by atoms with van der Waals surface area (Å²) >= 11 is 0. The molecule has 0 unspecified atom stereocenters. The fraction of sp³-hybridized carbons (Fsp3) is 0.438. The van der Waals surface area contributed by atoms with E-state index in [1.165, 1.54) is 4.57 Å². The Morgan fingerprint density at radius 1 is 1.13 bits per heavy atom. The van der Waals surface area contributed by atoms with Crippen LogP contribution in [0.2, 0.25) is 0 Å². The first kappa shape index (κ1) is 15.5. The molecule has 0 bridgehead atoms. The molecule has 23 heavy (non-hydrogen) atoms. The van der Waals surface area contributed by atoms with Gasteiger partial charge in [-0.05, 0) is 19.2 Å². The molecule has 3 rings (SSSR count). The number of nitrogens with one attached hydrogen (secondary N) is 1. The molecular formula is C16H20N4O3. The average Bonchev–Trinajstić information content (AvgIpc) is 2.55. The molecule has 2 aromatic rings. The van der Waals surface area contributed by atoms with Crippen molar-refractivity contribution in [3.63, 3.8) is 0 Å². The number of piperazine rings is 1. The number of likely N-dealkylation sites (N-methyl/N-ethyl adjacent to an activating group) is 1. The van der Waals surface area contributed by atoms with Crippen LogP contribution in [0.15, 0.2) is 33.9 Å². The van der Waals surface area contributed by atoms with Crippen LogP contribution >= 0.6 is 0 Å². The van der Waals surface area contributed by atoms with E-state index in [4.69, 9.17) is 0 Å². The summed E-state index contributed by atoms with van der Waals surface area (Å²) in [4.78, 5) is 42.5. The van der Waals surface area contributed by atoms with Crippen LogP contribution in [0.25, 0.3) is 10.9 Å². The molecule has 7 nitrogen and oxygen atoms in total. The molecule has 1 aliphatic heterocycles. The largest absolute Gasteiger partial charge is 0.340 e. The summed E-state index contributed by atoms with van der Waals surface area (Å²) < 4.78 is 1.46. The van der Waals surface area contributed by atoms with E-state index in [1.54, 1.807) is 24.3 Å². The van der Waals surface area contributed by atoms with Crippen LogP contribution in [-0.2, 0) is 11.3 Å². The summed E-state index contributed by atoms with van der Waals surface area (Å²) in [5, 5.41) is 0.458. The van der Waals surface area contributed by atoms with Crippen molar-refractivity contribution in [1.29, 1.82) is 0 Å². The molecule has 1 aromatic heterocycles. The lowest BCUT2D eigenvalue weighted by atomic mass is 10.2. The van der Waals surface area contributed by atoms with E-state index in [1.807, 2.05) is 11.9 Å². The zero-order valence-electron chi connectivity index (χ0n) is 13.1. The van der Waals surface area contributed by atoms with Crippen molar-refractivity contribution < 1.29 is 4.79 Å². The number of amides is 1. The van der Waals surface area contributed by atoms with Gasteiger partial charge in [0.2, 0.25) is 5.91 Å². The maximum absolute atomic E-state index is 12.3. The third-order valence-electron chi connectivity index (χ3n) is 4.31. The number of carbonyl (C=O) groups excluding carboxylic acids is 1. The van der Waals surface area contributed by atoms with Gasteiger partial charge in [0.25, 0.3) is 5.56 Å². The van der Waals surface area contributed by atoms with Crippen molar-refractivity contribution >= 4 is 16.8 Å².